The molecule has 28 heavy (non-hydrogen) atoms. The van der Waals surface area contributed by atoms with Crippen LogP contribution in [0.15, 0.2) is 21.8 Å². The summed E-state index contributed by atoms with van der Waals surface area (Å²) < 4.78 is 55.5. The Hall–Kier alpha value is -0.970. The largest absolute Gasteiger partial charge is 0.364 e. The van der Waals surface area contributed by atoms with E-state index in [0.717, 1.165) is 6.26 Å². The number of guanidine groups is 1. The summed E-state index contributed by atoms with van der Waals surface area (Å²) in [5.74, 6) is 0.493. The Morgan fingerprint density at radius 2 is 1.89 bits per heavy atom. The molecule has 0 aromatic carbocycles. The maximum absolute atomic E-state index is 12.4. The average molecular weight is 550 g/mol. The first-order valence-electron chi connectivity index (χ1n) is 8.48. The Morgan fingerprint density at radius 3 is 2.43 bits per heavy atom. The van der Waals surface area contributed by atoms with Gasteiger partial charge in [0, 0.05) is 52.4 Å². The topological polar surface area (TPSA) is 137 Å². The lowest BCUT2D eigenvalue weighted by Crippen LogP contribution is -2.54. The Balaban J connectivity index is 0.00000392. The summed E-state index contributed by atoms with van der Waals surface area (Å²) in [6, 6.07) is 1.54. The van der Waals surface area contributed by atoms with Gasteiger partial charge in [-0.2, -0.15) is 4.31 Å². The molecule has 1 aliphatic heterocycles. The van der Waals surface area contributed by atoms with Crippen LogP contribution >= 0.6 is 24.0 Å². The molecule has 1 saturated heterocycles. The summed E-state index contributed by atoms with van der Waals surface area (Å²) in [6.07, 6.45) is 3.08. The second-order valence-electron chi connectivity index (χ2n) is 6.13. The Bertz CT molecular complexity index is 820. The third kappa shape index (κ3) is 8.18. The molecule has 0 aliphatic carbocycles. The fraction of sp³-hybridized carbons (Fsp3) is 0.714. The van der Waals surface area contributed by atoms with E-state index in [4.69, 9.17) is 0 Å². The molecular weight excluding hydrogens is 523 g/mol. The van der Waals surface area contributed by atoms with Crippen LogP contribution in [0.5, 0.6) is 0 Å². The number of aromatic nitrogens is 1. The monoisotopic (exact) mass is 550 g/mol. The molecule has 2 heterocycles. The number of halogens is 1. The maximum atomic E-state index is 12.4. The van der Waals surface area contributed by atoms with E-state index in [0.29, 0.717) is 57.3 Å². The second kappa shape index (κ2) is 11.3. The lowest BCUT2D eigenvalue weighted by Gasteiger charge is -2.35. The molecule has 0 saturated carbocycles. The highest BCUT2D eigenvalue weighted by molar-refractivity contribution is 14.0. The van der Waals surface area contributed by atoms with Crippen LogP contribution in [0.1, 0.15) is 12.1 Å². The molecular formula is C14H27IN6O5S2. The van der Waals surface area contributed by atoms with Crippen LogP contribution in [0.4, 0.5) is 0 Å². The summed E-state index contributed by atoms with van der Waals surface area (Å²) >= 11 is 0. The second-order valence-corrected chi connectivity index (χ2v) is 9.93. The first-order chi connectivity index (χ1) is 12.7. The van der Waals surface area contributed by atoms with E-state index >= 15 is 0 Å². The van der Waals surface area contributed by atoms with Crippen molar-refractivity contribution >= 4 is 50.0 Å². The van der Waals surface area contributed by atoms with Gasteiger partial charge in [0.05, 0.1) is 11.9 Å². The highest BCUT2D eigenvalue weighted by Gasteiger charge is 2.28. The van der Waals surface area contributed by atoms with Crippen molar-refractivity contribution in [3.05, 3.63) is 18.0 Å². The fourth-order valence-electron chi connectivity index (χ4n) is 2.65. The fourth-order valence-corrected chi connectivity index (χ4v) is 4.59. The van der Waals surface area contributed by atoms with Crippen LogP contribution < -0.4 is 10.0 Å². The van der Waals surface area contributed by atoms with Gasteiger partial charge in [0.1, 0.15) is 12.0 Å². The minimum Gasteiger partial charge on any atom is -0.364 e. The van der Waals surface area contributed by atoms with Gasteiger partial charge < -0.3 is 14.7 Å². The van der Waals surface area contributed by atoms with Gasteiger partial charge in [-0.15, -0.1) is 24.0 Å². The standard InChI is InChI=1S/C14H26N6O5S2.HI/c1-15-14(16-5-3-6-17-26(2,21)22)19-7-9-20(10-8-19)27(23,24)12-13-4-11-25-18-13;/h4,11,17H,3,5-10,12H2,1-2H3,(H,15,16);1H. The van der Waals surface area contributed by atoms with E-state index in [9.17, 15) is 16.8 Å². The highest BCUT2D eigenvalue weighted by atomic mass is 127. The van der Waals surface area contributed by atoms with Gasteiger partial charge >= 0.3 is 0 Å². The third-order valence-corrected chi connectivity index (χ3v) is 6.51. The van der Waals surface area contributed by atoms with E-state index in [2.05, 4.69) is 24.7 Å². The van der Waals surface area contributed by atoms with Crippen LogP contribution in [0.2, 0.25) is 0 Å². The van der Waals surface area contributed by atoms with Gasteiger partial charge in [-0.05, 0) is 6.42 Å². The lowest BCUT2D eigenvalue weighted by molar-refractivity contribution is 0.260. The normalized spacial score (nSPS) is 16.6. The minimum atomic E-state index is -3.44. The molecule has 0 bridgehead atoms. The van der Waals surface area contributed by atoms with Crippen molar-refractivity contribution < 1.29 is 21.4 Å². The summed E-state index contributed by atoms with van der Waals surface area (Å²) in [4.78, 5) is 6.19. The SMILES string of the molecule is CN=C(NCCCNS(C)(=O)=O)N1CCN(S(=O)(=O)Cc2ccon2)CC1.I. The van der Waals surface area contributed by atoms with E-state index in [-0.39, 0.29) is 29.7 Å². The molecule has 162 valence electrons. The maximum Gasteiger partial charge on any atom is 0.220 e. The van der Waals surface area contributed by atoms with Gasteiger partial charge in [-0.1, -0.05) is 5.16 Å². The zero-order valence-electron chi connectivity index (χ0n) is 15.9. The Kier molecular flexibility index (Phi) is 10.1. The average Bonchev–Trinajstić information content (AvgIpc) is 3.09. The number of nitrogens with zero attached hydrogens (tertiary/aromatic N) is 4. The number of aliphatic imine (C=N–C) groups is 1. The molecule has 11 nitrogen and oxygen atoms in total. The molecule has 0 unspecified atom stereocenters. The zero-order valence-corrected chi connectivity index (χ0v) is 19.8. The van der Waals surface area contributed by atoms with Crippen LogP contribution in [-0.2, 0) is 25.8 Å². The predicted molar refractivity (Wildman–Crippen MR) is 117 cm³/mol. The van der Waals surface area contributed by atoms with Crippen LogP contribution in [0.25, 0.3) is 0 Å². The molecule has 2 N–H and O–H groups in total. The molecule has 1 fully saturated rings. The number of hydrogen-bond donors (Lipinski definition) is 2. The number of nitrogens with one attached hydrogen (secondary N) is 2. The van der Waals surface area contributed by atoms with E-state index in [1.807, 2.05) is 4.90 Å². The first kappa shape index (κ1) is 25.1. The van der Waals surface area contributed by atoms with Gasteiger partial charge in [0.15, 0.2) is 5.96 Å². The lowest BCUT2D eigenvalue weighted by atomic mass is 10.4. The first-order valence-corrected chi connectivity index (χ1v) is 12.0. The molecule has 2 rings (SSSR count). The van der Waals surface area contributed by atoms with Crippen LogP contribution in [0.3, 0.4) is 0 Å². The molecule has 1 aromatic rings. The van der Waals surface area contributed by atoms with Crippen molar-refractivity contribution in [1.82, 2.24) is 24.4 Å². The van der Waals surface area contributed by atoms with Gasteiger partial charge in [-0.3, -0.25) is 4.99 Å². The number of rotatable bonds is 8. The number of hydrogen-bond acceptors (Lipinski definition) is 7. The highest BCUT2D eigenvalue weighted by Crippen LogP contribution is 2.12. The van der Waals surface area contributed by atoms with Crippen LogP contribution in [-0.4, -0.2) is 89.7 Å². The van der Waals surface area contributed by atoms with E-state index in [1.165, 1.54) is 16.6 Å². The molecule has 0 radical (unpaired) electrons. The smallest absolute Gasteiger partial charge is 0.220 e. The van der Waals surface area contributed by atoms with Crippen molar-refractivity contribution in [2.24, 2.45) is 4.99 Å². The van der Waals surface area contributed by atoms with Crippen molar-refractivity contribution in [3.8, 4) is 0 Å². The van der Waals surface area contributed by atoms with Gasteiger partial charge in [0.25, 0.3) is 0 Å². The minimum absolute atomic E-state index is 0. The quantitative estimate of drug-likeness (QED) is 0.187. The molecule has 1 aromatic heterocycles. The predicted octanol–water partition coefficient (Wildman–Crippen LogP) is -0.745. The third-order valence-electron chi connectivity index (χ3n) is 3.97. The molecule has 0 spiro atoms. The molecule has 1 aliphatic rings. The summed E-state index contributed by atoms with van der Waals surface area (Å²) in [5, 5.41) is 6.82. The van der Waals surface area contributed by atoms with Crippen molar-refractivity contribution in [3.63, 3.8) is 0 Å². The van der Waals surface area contributed by atoms with Crippen molar-refractivity contribution in [2.75, 3.05) is 52.6 Å². The molecule has 0 atom stereocenters. The number of sulfonamides is 2. The van der Waals surface area contributed by atoms with Crippen molar-refractivity contribution in [2.45, 2.75) is 12.2 Å². The van der Waals surface area contributed by atoms with Gasteiger partial charge in [0.2, 0.25) is 20.0 Å². The Labute approximate surface area is 183 Å². The number of piperazine rings is 1. The molecule has 14 heteroatoms. The zero-order chi connectivity index (χ0) is 19.9. The van der Waals surface area contributed by atoms with Gasteiger partial charge in [-0.25, -0.2) is 21.6 Å². The van der Waals surface area contributed by atoms with E-state index < -0.39 is 20.0 Å². The summed E-state index contributed by atoms with van der Waals surface area (Å²) in [5.41, 5.74) is 0.387. The summed E-state index contributed by atoms with van der Waals surface area (Å²) in [6.45, 7) is 2.64. The molecule has 0 amide bonds. The Morgan fingerprint density at radius 1 is 1.21 bits per heavy atom. The van der Waals surface area contributed by atoms with E-state index in [1.54, 1.807) is 7.05 Å². The van der Waals surface area contributed by atoms with Crippen molar-refractivity contribution in [1.29, 1.82) is 0 Å². The summed E-state index contributed by atoms with van der Waals surface area (Å²) in [7, 11) is -4.97. The van der Waals surface area contributed by atoms with Crippen LogP contribution in [0, 0.1) is 0 Å².